The van der Waals surface area contributed by atoms with Gasteiger partial charge in [-0.3, -0.25) is 9.48 Å². The van der Waals surface area contributed by atoms with Crippen LogP contribution in [0.2, 0.25) is 0 Å². The van der Waals surface area contributed by atoms with E-state index in [4.69, 9.17) is 4.74 Å². The van der Waals surface area contributed by atoms with Gasteiger partial charge in [0.2, 0.25) is 0 Å². The summed E-state index contributed by atoms with van der Waals surface area (Å²) in [5.74, 6) is 0.817. The number of carbonyl (C=O) groups excluding carboxylic acids is 1. The van der Waals surface area contributed by atoms with Crippen LogP contribution in [-0.2, 0) is 6.54 Å². The van der Waals surface area contributed by atoms with Crippen molar-refractivity contribution >= 4 is 5.78 Å². The van der Waals surface area contributed by atoms with Crippen LogP contribution in [-0.4, -0.2) is 22.7 Å². The molecule has 0 radical (unpaired) electrons. The highest BCUT2D eigenvalue weighted by Crippen LogP contribution is 2.12. The predicted octanol–water partition coefficient (Wildman–Crippen LogP) is 2.14. The third-order valence-electron chi connectivity index (χ3n) is 2.50. The highest BCUT2D eigenvalue weighted by atomic mass is 16.5. The van der Waals surface area contributed by atoms with Crippen molar-refractivity contribution in [1.82, 2.24) is 9.78 Å². The number of hydrogen-bond acceptors (Lipinski definition) is 3. The maximum Gasteiger partial charge on any atom is 0.179 e. The summed E-state index contributed by atoms with van der Waals surface area (Å²) in [4.78, 5) is 11.1. The molecule has 0 spiro atoms. The van der Waals surface area contributed by atoms with Crippen LogP contribution >= 0.6 is 0 Å². The lowest BCUT2D eigenvalue weighted by molar-refractivity contribution is 0.101. The van der Waals surface area contributed by atoms with Crippen LogP contribution < -0.4 is 4.74 Å². The topological polar surface area (TPSA) is 44.1 Å². The number of ketones is 1. The molecule has 0 fully saturated rings. The summed E-state index contributed by atoms with van der Waals surface area (Å²) in [5, 5.41) is 4.18. The van der Waals surface area contributed by atoms with Crippen LogP contribution in [0, 0.1) is 0 Å². The molecular weight excluding hydrogens is 216 g/mol. The Balaban J connectivity index is 2.11. The third kappa shape index (κ3) is 2.72. The molecule has 0 unspecified atom stereocenters. The summed E-state index contributed by atoms with van der Waals surface area (Å²) in [6.07, 6.45) is 1.81. The lowest BCUT2D eigenvalue weighted by atomic mass is 10.2. The highest BCUT2D eigenvalue weighted by Gasteiger charge is 2.03. The van der Waals surface area contributed by atoms with Gasteiger partial charge in [-0.05, 0) is 23.8 Å². The minimum absolute atomic E-state index is 0.0153. The molecule has 0 bridgehead atoms. The maximum absolute atomic E-state index is 11.1. The van der Waals surface area contributed by atoms with E-state index in [1.165, 1.54) is 6.92 Å². The average molecular weight is 230 g/mol. The van der Waals surface area contributed by atoms with E-state index < -0.39 is 0 Å². The fourth-order valence-corrected chi connectivity index (χ4v) is 1.56. The van der Waals surface area contributed by atoms with Gasteiger partial charge >= 0.3 is 0 Å². The molecule has 2 rings (SSSR count). The van der Waals surface area contributed by atoms with Gasteiger partial charge in [-0.1, -0.05) is 12.1 Å². The summed E-state index contributed by atoms with van der Waals surface area (Å²) >= 11 is 0. The molecule has 4 heteroatoms. The van der Waals surface area contributed by atoms with Crippen LogP contribution in [0.15, 0.2) is 36.5 Å². The van der Waals surface area contributed by atoms with E-state index in [1.807, 2.05) is 24.3 Å². The second-order valence-corrected chi connectivity index (χ2v) is 3.80. The molecule has 0 saturated heterocycles. The zero-order chi connectivity index (χ0) is 12.3. The first kappa shape index (κ1) is 11.4. The van der Waals surface area contributed by atoms with Gasteiger partial charge in [0.15, 0.2) is 5.78 Å². The van der Waals surface area contributed by atoms with Crippen molar-refractivity contribution in [2.75, 3.05) is 7.11 Å². The van der Waals surface area contributed by atoms with Gasteiger partial charge in [0, 0.05) is 13.1 Å². The van der Waals surface area contributed by atoms with Crippen molar-refractivity contribution < 1.29 is 9.53 Å². The van der Waals surface area contributed by atoms with Gasteiger partial charge in [-0.2, -0.15) is 5.10 Å². The highest BCUT2D eigenvalue weighted by molar-refractivity contribution is 5.91. The molecule has 0 aliphatic carbocycles. The Morgan fingerprint density at radius 3 is 2.53 bits per heavy atom. The number of ether oxygens (including phenoxy) is 1. The molecule has 4 nitrogen and oxygen atoms in total. The second kappa shape index (κ2) is 4.82. The Kier molecular flexibility index (Phi) is 3.23. The quantitative estimate of drug-likeness (QED) is 0.756. The van der Waals surface area contributed by atoms with Gasteiger partial charge in [0.25, 0.3) is 0 Å². The molecule has 2 aromatic rings. The molecule has 0 N–H and O–H groups in total. The van der Waals surface area contributed by atoms with Crippen molar-refractivity contribution in [3.05, 3.63) is 47.8 Å². The van der Waals surface area contributed by atoms with Crippen molar-refractivity contribution in [2.24, 2.45) is 0 Å². The van der Waals surface area contributed by atoms with Gasteiger partial charge < -0.3 is 4.74 Å². The van der Waals surface area contributed by atoms with E-state index in [0.29, 0.717) is 12.2 Å². The number of methoxy groups -OCH3 is 1. The molecule has 0 amide bonds. The molecule has 88 valence electrons. The van der Waals surface area contributed by atoms with Gasteiger partial charge in [-0.25, -0.2) is 0 Å². The zero-order valence-corrected chi connectivity index (χ0v) is 9.88. The summed E-state index contributed by atoms with van der Waals surface area (Å²) in [6.45, 7) is 2.16. The Morgan fingerprint density at radius 1 is 1.29 bits per heavy atom. The average Bonchev–Trinajstić information content (AvgIpc) is 2.79. The van der Waals surface area contributed by atoms with Crippen LogP contribution in [0.1, 0.15) is 23.0 Å². The number of hydrogen-bond donors (Lipinski definition) is 0. The Hall–Kier alpha value is -2.10. The Bertz CT molecular complexity index is 514. The lowest BCUT2D eigenvalue weighted by Gasteiger charge is -2.03. The van der Waals surface area contributed by atoms with Crippen molar-refractivity contribution in [3.63, 3.8) is 0 Å². The summed E-state index contributed by atoms with van der Waals surface area (Å²) in [6, 6.07) is 9.50. The van der Waals surface area contributed by atoms with Crippen molar-refractivity contribution in [3.8, 4) is 5.75 Å². The van der Waals surface area contributed by atoms with E-state index >= 15 is 0 Å². The Labute approximate surface area is 99.8 Å². The minimum Gasteiger partial charge on any atom is -0.497 e. The fraction of sp³-hybridized carbons (Fsp3) is 0.231. The zero-order valence-electron chi connectivity index (χ0n) is 9.88. The number of benzene rings is 1. The summed E-state index contributed by atoms with van der Waals surface area (Å²) in [7, 11) is 1.64. The summed E-state index contributed by atoms with van der Waals surface area (Å²) < 4.78 is 6.84. The number of Topliss-reactive ketones (excluding diaryl/α,β-unsaturated/α-hetero) is 1. The SMILES string of the molecule is COc1ccc(Cn2ccc(C(C)=O)n2)cc1. The van der Waals surface area contributed by atoms with Gasteiger partial charge in [-0.15, -0.1) is 0 Å². The van der Waals surface area contributed by atoms with Crippen molar-refractivity contribution in [1.29, 1.82) is 0 Å². The second-order valence-electron chi connectivity index (χ2n) is 3.80. The van der Waals surface area contributed by atoms with Crippen molar-refractivity contribution in [2.45, 2.75) is 13.5 Å². The molecule has 1 aromatic heterocycles. The fourth-order valence-electron chi connectivity index (χ4n) is 1.56. The van der Waals surface area contributed by atoms with E-state index in [1.54, 1.807) is 24.1 Å². The summed E-state index contributed by atoms with van der Waals surface area (Å²) in [5.41, 5.74) is 1.61. The molecule has 17 heavy (non-hydrogen) atoms. The van der Waals surface area contributed by atoms with Crippen LogP contribution in [0.4, 0.5) is 0 Å². The van der Waals surface area contributed by atoms with E-state index in [2.05, 4.69) is 5.10 Å². The standard InChI is InChI=1S/C13H14N2O2/c1-10(16)13-7-8-15(14-13)9-11-3-5-12(17-2)6-4-11/h3-8H,9H2,1-2H3. The monoisotopic (exact) mass is 230 g/mol. The minimum atomic E-state index is -0.0153. The van der Waals surface area contributed by atoms with Crippen LogP contribution in [0.5, 0.6) is 5.75 Å². The van der Waals surface area contributed by atoms with Gasteiger partial charge in [0.1, 0.15) is 11.4 Å². The normalized spacial score (nSPS) is 10.2. The number of aromatic nitrogens is 2. The molecule has 0 atom stereocenters. The molecule has 1 heterocycles. The van der Waals surface area contributed by atoms with E-state index in [9.17, 15) is 4.79 Å². The predicted molar refractivity (Wildman–Crippen MR) is 64.3 cm³/mol. The Morgan fingerprint density at radius 2 is 2.00 bits per heavy atom. The third-order valence-corrected chi connectivity index (χ3v) is 2.50. The van der Waals surface area contributed by atoms with E-state index in [0.717, 1.165) is 11.3 Å². The molecule has 0 aliphatic heterocycles. The maximum atomic E-state index is 11.1. The van der Waals surface area contributed by atoms with E-state index in [-0.39, 0.29) is 5.78 Å². The lowest BCUT2D eigenvalue weighted by Crippen LogP contribution is -2.02. The first-order valence-electron chi connectivity index (χ1n) is 5.36. The number of carbonyl (C=O) groups is 1. The number of nitrogens with zero attached hydrogens (tertiary/aromatic N) is 2. The molecule has 0 saturated carbocycles. The largest absolute Gasteiger partial charge is 0.497 e. The van der Waals surface area contributed by atoms with Crippen LogP contribution in [0.25, 0.3) is 0 Å². The number of rotatable bonds is 4. The van der Waals surface area contributed by atoms with Gasteiger partial charge in [0.05, 0.1) is 13.7 Å². The first-order chi connectivity index (χ1) is 8.19. The molecule has 1 aromatic carbocycles. The first-order valence-corrected chi connectivity index (χ1v) is 5.36. The smallest absolute Gasteiger partial charge is 0.179 e. The molecule has 0 aliphatic rings. The molecular formula is C13H14N2O2. The van der Waals surface area contributed by atoms with Crippen LogP contribution in [0.3, 0.4) is 0 Å².